The highest BCUT2D eigenvalue weighted by atomic mass is 32.1. The zero-order valence-electron chi connectivity index (χ0n) is 12.2. The van der Waals surface area contributed by atoms with Gasteiger partial charge in [0.25, 0.3) is 0 Å². The van der Waals surface area contributed by atoms with Crippen molar-refractivity contribution in [3.05, 3.63) is 10.6 Å². The number of carbonyl (C=O) groups is 1. The summed E-state index contributed by atoms with van der Waals surface area (Å²) in [5.41, 5.74) is 0.771. The number of carbonyl (C=O) groups excluding carboxylic acids is 1. The molecule has 0 unspecified atom stereocenters. The summed E-state index contributed by atoms with van der Waals surface area (Å²) in [6, 6.07) is 0.550. The molecule has 2 aliphatic heterocycles. The minimum Gasteiger partial charge on any atom is -0.379 e. The van der Waals surface area contributed by atoms with Crippen molar-refractivity contribution in [2.75, 3.05) is 25.1 Å². The summed E-state index contributed by atoms with van der Waals surface area (Å²) in [6.07, 6.45) is 0.972. The van der Waals surface area contributed by atoms with Gasteiger partial charge in [-0.1, -0.05) is 0 Å². The molecule has 5 nitrogen and oxygen atoms in total. The highest BCUT2D eigenvalue weighted by Crippen LogP contribution is 2.32. The van der Waals surface area contributed by atoms with Gasteiger partial charge in [0.05, 0.1) is 24.3 Å². The smallest absolute Gasteiger partial charge is 0.236 e. The molecule has 0 saturated carbocycles. The van der Waals surface area contributed by atoms with Crippen LogP contribution in [0.1, 0.15) is 31.3 Å². The van der Waals surface area contributed by atoms with Crippen LogP contribution in [0.3, 0.4) is 0 Å². The molecule has 1 aromatic rings. The summed E-state index contributed by atoms with van der Waals surface area (Å²) in [5, 5.41) is 3.69. The molecule has 2 aliphatic rings. The first-order chi connectivity index (χ1) is 9.48. The van der Waals surface area contributed by atoms with Crippen LogP contribution in [0.4, 0.5) is 5.13 Å². The molecule has 1 fully saturated rings. The third kappa shape index (κ3) is 2.47. The van der Waals surface area contributed by atoms with E-state index in [4.69, 9.17) is 4.74 Å². The van der Waals surface area contributed by atoms with Gasteiger partial charge in [0.15, 0.2) is 5.13 Å². The van der Waals surface area contributed by atoms with E-state index < -0.39 is 0 Å². The Morgan fingerprint density at radius 1 is 1.50 bits per heavy atom. The highest BCUT2D eigenvalue weighted by molar-refractivity contribution is 7.15. The number of rotatable bonds is 3. The van der Waals surface area contributed by atoms with E-state index in [1.54, 1.807) is 11.3 Å². The van der Waals surface area contributed by atoms with Crippen LogP contribution in [0, 0.1) is 5.41 Å². The van der Waals surface area contributed by atoms with Gasteiger partial charge in [-0.05, 0) is 20.8 Å². The molecule has 3 heterocycles. The number of nitrogens with one attached hydrogen (secondary N) is 1. The monoisotopic (exact) mass is 295 g/mol. The van der Waals surface area contributed by atoms with Crippen molar-refractivity contribution >= 4 is 22.4 Å². The second-order valence-corrected chi connectivity index (χ2v) is 7.29. The van der Waals surface area contributed by atoms with Crippen molar-refractivity contribution in [1.82, 2.24) is 9.88 Å². The summed E-state index contributed by atoms with van der Waals surface area (Å²) >= 11 is 1.61. The van der Waals surface area contributed by atoms with E-state index in [0.717, 1.165) is 30.3 Å². The zero-order chi connectivity index (χ0) is 14.3. The van der Waals surface area contributed by atoms with Crippen LogP contribution in [0.25, 0.3) is 0 Å². The van der Waals surface area contributed by atoms with Crippen molar-refractivity contribution in [2.45, 2.75) is 39.8 Å². The molecule has 0 atom stereocenters. The molecule has 0 spiro atoms. The number of hydrogen-bond donors (Lipinski definition) is 1. The fourth-order valence-electron chi connectivity index (χ4n) is 2.50. The summed E-state index contributed by atoms with van der Waals surface area (Å²) in [5.74, 6) is 0.0237. The quantitative estimate of drug-likeness (QED) is 0.925. The van der Waals surface area contributed by atoms with Crippen LogP contribution in [0.2, 0.25) is 0 Å². The minimum absolute atomic E-state index is 0.0237. The second kappa shape index (κ2) is 5.09. The molecule has 3 rings (SSSR count). The Balaban J connectivity index is 1.69. The Kier molecular flexibility index (Phi) is 3.56. The minimum atomic E-state index is -0.379. The van der Waals surface area contributed by atoms with Crippen molar-refractivity contribution in [1.29, 1.82) is 0 Å². The Morgan fingerprint density at radius 3 is 2.85 bits per heavy atom. The lowest BCUT2D eigenvalue weighted by Gasteiger charge is -2.35. The first-order valence-electron chi connectivity index (χ1n) is 7.10. The van der Waals surface area contributed by atoms with Crippen molar-refractivity contribution in [2.24, 2.45) is 5.41 Å². The van der Waals surface area contributed by atoms with E-state index in [-0.39, 0.29) is 11.3 Å². The lowest BCUT2D eigenvalue weighted by atomic mass is 9.88. The van der Waals surface area contributed by atoms with Gasteiger partial charge in [-0.3, -0.25) is 9.69 Å². The molecular formula is C14H21N3O2S. The first-order valence-corrected chi connectivity index (χ1v) is 7.91. The topological polar surface area (TPSA) is 54.5 Å². The fraction of sp³-hybridized carbons (Fsp3) is 0.714. The average Bonchev–Trinajstić information content (AvgIpc) is 2.76. The lowest BCUT2D eigenvalue weighted by Crippen LogP contribution is -2.49. The predicted molar refractivity (Wildman–Crippen MR) is 78.9 cm³/mol. The third-order valence-corrected chi connectivity index (χ3v) is 5.10. The molecule has 110 valence electrons. The van der Waals surface area contributed by atoms with Crippen LogP contribution in [0.5, 0.6) is 0 Å². The fourth-order valence-corrected chi connectivity index (χ4v) is 3.53. The third-order valence-electron chi connectivity index (χ3n) is 4.10. The summed E-state index contributed by atoms with van der Waals surface area (Å²) < 4.78 is 5.13. The molecule has 0 radical (unpaired) electrons. The number of ether oxygens (including phenoxy) is 1. The van der Waals surface area contributed by atoms with E-state index >= 15 is 0 Å². The van der Waals surface area contributed by atoms with E-state index in [2.05, 4.69) is 29.0 Å². The molecule has 0 aliphatic carbocycles. The van der Waals surface area contributed by atoms with Crippen LogP contribution >= 0.6 is 11.3 Å². The second-order valence-electron chi connectivity index (χ2n) is 6.21. The number of amides is 1. The van der Waals surface area contributed by atoms with Gasteiger partial charge in [0.1, 0.15) is 0 Å². The standard InChI is InChI=1S/C14H21N3O2S/c1-9(2)17-5-4-10-11(6-17)20-13(15-10)16-12(18)14(3)7-19-8-14/h9H,4-8H2,1-3H3,(H,15,16,18). The van der Waals surface area contributed by atoms with Gasteiger partial charge < -0.3 is 10.1 Å². The summed E-state index contributed by atoms with van der Waals surface area (Å²) in [7, 11) is 0. The maximum atomic E-state index is 12.2. The molecule has 1 saturated heterocycles. The first kappa shape index (κ1) is 14.0. The Bertz CT molecular complexity index is 522. The highest BCUT2D eigenvalue weighted by Gasteiger charge is 2.41. The number of aromatic nitrogens is 1. The van der Waals surface area contributed by atoms with Gasteiger partial charge in [-0.25, -0.2) is 4.98 Å². The van der Waals surface area contributed by atoms with Gasteiger partial charge in [0, 0.05) is 30.4 Å². The molecular weight excluding hydrogens is 274 g/mol. The Hall–Kier alpha value is -0.980. The zero-order valence-corrected chi connectivity index (χ0v) is 13.0. The predicted octanol–water partition coefficient (Wildman–Crippen LogP) is 1.88. The van der Waals surface area contributed by atoms with Crippen LogP contribution in [0.15, 0.2) is 0 Å². The number of nitrogens with zero attached hydrogens (tertiary/aromatic N) is 2. The van der Waals surface area contributed by atoms with Crippen molar-refractivity contribution < 1.29 is 9.53 Å². The molecule has 0 bridgehead atoms. The van der Waals surface area contributed by atoms with E-state index in [1.807, 2.05) is 6.92 Å². The molecule has 0 aromatic carbocycles. The average molecular weight is 295 g/mol. The SMILES string of the molecule is CC(C)N1CCc2nc(NC(=O)C3(C)COC3)sc2C1. The van der Waals surface area contributed by atoms with Crippen LogP contribution in [-0.4, -0.2) is 41.6 Å². The normalized spacial score (nSPS) is 21.4. The van der Waals surface area contributed by atoms with E-state index in [0.29, 0.717) is 19.3 Å². The summed E-state index contributed by atoms with van der Waals surface area (Å²) in [6.45, 7) is 9.36. The molecule has 20 heavy (non-hydrogen) atoms. The molecule has 1 aromatic heterocycles. The van der Waals surface area contributed by atoms with Crippen LogP contribution in [-0.2, 0) is 22.5 Å². The van der Waals surface area contributed by atoms with Gasteiger partial charge >= 0.3 is 0 Å². The van der Waals surface area contributed by atoms with Crippen molar-refractivity contribution in [3.8, 4) is 0 Å². The Morgan fingerprint density at radius 2 is 2.25 bits per heavy atom. The molecule has 6 heteroatoms. The van der Waals surface area contributed by atoms with E-state index in [9.17, 15) is 4.79 Å². The number of fused-ring (bicyclic) bond motifs is 1. The Labute approximate surface area is 123 Å². The van der Waals surface area contributed by atoms with Crippen molar-refractivity contribution in [3.63, 3.8) is 0 Å². The number of thiazole rings is 1. The molecule has 1 amide bonds. The van der Waals surface area contributed by atoms with Gasteiger partial charge in [-0.2, -0.15) is 0 Å². The van der Waals surface area contributed by atoms with Gasteiger partial charge in [-0.15, -0.1) is 11.3 Å². The van der Waals surface area contributed by atoms with Gasteiger partial charge in [0.2, 0.25) is 5.91 Å². The maximum absolute atomic E-state index is 12.2. The van der Waals surface area contributed by atoms with E-state index in [1.165, 1.54) is 4.88 Å². The maximum Gasteiger partial charge on any atom is 0.236 e. The summed E-state index contributed by atoms with van der Waals surface area (Å²) in [4.78, 5) is 20.5. The van der Waals surface area contributed by atoms with Crippen LogP contribution < -0.4 is 5.32 Å². The number of anilines is 1. The number of hydrogen-bond acceptors (Lipinski definition) is 5. The largest absolute Gasteiger partial charge is 0.379 e. The molecule has 1 N–H and O–H groups in total. The lowest BCUT2D eigenvalue weighted by molar-refractivity contribution is -0.151.